The molecule has 4 aromatic rings. The molecule has 2 aliphatic heterocycles. The molecule has 6 atom stereocenters. The summed E-state index contributed by atoms with van der Waals surface area (Å²) in [5, 5.41) is 43.6. The van der Waals surface area contributed by atoms with E-state index in [1.54, 1.807) is 10.9 Å². The Hall–Kier alpha value is -4.83. The summed E-state index contributed by atoms with van der Waals surface area (Å²) in [6, 6.07) is 18.9. The van der Waals surface area contributed by atoms with Crippen LogP contribution in [0.5, 0.6) is 0 Å². The van der Waals surface area contributed by atoms with Gasteiger partial charge in [-0.3, -0.25) is 4.79 Å². The van der Waals surface area contributed by atoms with Crippen molar-refractivity contribution in [3.63, 3.8) is 0 Å². The lowest BCUT2D eigenvalue weighted by Gasteiger charge is -2.22. The normalized spacial score (nSPS) is 25.1. The predicted molar refractivity (Wildman–Crippen MR) is 191 cm³/mol. The van der Waals surface area contributed by atoms with Gasteiger partial charge in [0.1, 0.15) is 18.8 Å². The molecule has 2 saturated heterocycles. The molecule has 0 unspecified atom stereocenters. The third-order valence-electron chi connectivity index (χ3n) is 10.3. The van der Waals surface area contributed by atoms with E-state index in [4.69, 9.17) is 15.0 Å². The molecule has 2 aromatic heterocycles. The fourth-order valence-electron chi connectivity index (χ4n) is 7.61. The standard InChI is InChI=1S/C36H46N10O5/c1-44-14-12-24(18-44)39-36(51)40-25-13-15-45(19-25)35-42-33(37-17-26(22-8-4-2-5-9-22)23-10-6-3-7-11-23)30-34(43-35)46(21-38-30)28-16-27(31(49)32(28)50)41-29(48)20-47/h2-11,21,24-28,31-32,47,49-50H,12-20H2,1H3,(H,41,48)(H,37,42,43)(H2,39,40,51)/t24-,25-,27+,28-,31-,32+/m1/s1. The summed E-state index contributed by atoms with van der Waals surface area (Å²) in [5.41, 5.74) is 3.24. The molecule has 1 saturated carbocycles. The van der Waals surface area contributed by atoms with Gasteiger partial charge >= 0.3 is 6.03 Å². The highest BCUT2D eigenvalue weighted by Crippen LogP contribution is 2.35. The topological polar surface area (TPSA) is 193 Å². The number of imidazole rings is 1. The second-order valence-corrected chi connectivity index (χ2v) is 13.9. The number of nitrogens with one attached hydrogen (secondary N) is 4. The van der Waals surface area contributed by atoms with Crippen LogP contribution in [0.2, 0.25) is 0 Å². The Kier molecular flexibility index (Phi) is 10.3. The highest BCUT2D eigenvalue weighted by molar-refractivity contribution is 5.85. The van der Waals surface area contributed by atoms with Crippen LogP contribution in [0.1, 0.15) is 42.3 Å². The average molecular weight is 699 g/mol. The van der Waals surface area contributed by atoms with Gasteiger partial charge in [0.15, 0.2) is 17.0 Å². The van der Waals surface area contributed by atoms with Crippen LogP contribution in [-0.4, -0.2) is 128 Å². The Labute approximate surface area is 296 Å². The monoisotopic (exact) mass is 698 g/mol. The summed E-state index contributed by atoms with van der Waals surface area (Å²) in [5.74, 6) is 0.335. The number of amides is 3. The second-order valence-electron chi connectivity index (χ2n) is 13.9. The van der Waals surface area contributed by atoms with Crippen molar-refractivity contribution in [1.29, 1.82) is 0 Å². The number of hydrogen-bond acceptors (Lipinski definition) is 11. The minimum absolute atomic E-state index is 0.00387. The number of urea groups is 1. The summed E-state index contributed by atoms with van der Waals surface area (Å²) in [6.45, 7) is 2.70. The highest BCUT2D eigenvalue weighted by Gasteiger charge is 2.44. The Balaban J connectivity index is 1.17. The van der Waals surface area contributed by atoms with Crippen LogP contribution in [0, 0.1) is 0 Å². The van der Waals surface area contributed by atoms with E-state index in [1.165, 1.54) is 0 Å². The van der Waals surface area contributed by atoms with Crippen LogP contribution in [0.4, 0.5) is 16.6 Å². The van der Waals surface area contributed by atoms with Gasteiger partial charge in [-0.1, -0.05) is 60.7 Å². The van der Waals surface area contributed by atoms with Gasteiger partial charge in [-0.15, -0.1) is 0 Å². The molecule has 0 bridgehead atoms. The van der Waals surface area contributed by atoms with E-state index in [0.717, 1.165) is 30.6 Å². The van der Waals surface area contributed by atoms with E-state index >= 15 is 0 Å². The van der Waals surface area contributed by atoms with Crippen molar-refractivity contribution in [3.05, 3.63) is 78.1 Å². The van der Waals surface area contributed by atoms with Gasteiger partial charge in [-0.2, -0.15) is 9.97 Å². The van der Waals surface area contributed by atoms with E-state index in [9.17, 15) is 24.9 Å². The minimum atomic E-state index is -1.25. The molecule has 3 amide bonds. The van der Waals surface area contributed by atoms with Crippen LogP contribution >= 0.6 is 0 Å². The maximum Gasteiger partial charge on any atom is 0.315 e. The molecule has 2 aromatic carbocycles. The first-order chi connectivity index (χ1) is 24.8. The molecular weight excluding hydrogens is 652 g/mol. The molecule has 3 fully saturated rings. The number of fused-ring (bicyclic) bond motifs is 1. The largest absolute Gasteiger partial charge is 0.388 e. The number of rotatable bonds is 11. The molecule has 7 N–H and O–H groups in total. The summed E-state index contributed by atoms with van der Waals surface area (Å²) < 4.78 is 1.73. The van der Waals surface area contributed by atoms with Gasteiger partial charge in [-0.05, 0) is 44.0 Å². The van der Waals surface area contributed by atoms with E-state index in [-0.39, 0.29) is 30.5 Å². The number of aliphatic hydroxyl groups excluding tert-OH is 3. The summed E-state index contributed by atoms with van der Waals surface area (Å²) in [4.78, 5) is 43.7. The van der Waals surface area contributed by atoms with Crippen LogP contribution in [-0.2, 0) is 4.79 Å². The van der Waals surface area contributed by atoms with Crippen molar-refractivity contribution < 1.29 is 24.9 Å². The van der Waals surface area contributed by atoms with Gasteiger partial charge in [0, 0.05) is 44.2 Å². The molecule has 4 heterocycles. The number of carbonyl (C=O) groups excluding carboxylic acids is 2. The van der Waals surface area contributed by atoms with Gasteiger partial charge in [0.25, 0.3) is 0 Å². The fourth-order valence-corrected chi connectivity index (χ4v) is 7.61. The molecule has 51 heavy (non-hydrogen) atoms. The predicted octanol–water partition coefficient (Wildman–Crippen LogP) is 0.796. The third kappa shape index (κ3) is 7.61. The van der Waals surface area contributed by atoms with E-state index in [1.807, 2.05) is 48.3 Å². The maximum atomic E-state index is 12.8. The molecule has 15 heteroatoms. The first-order valence-electron chi connectivity index (χ1n) is 17.6. The first-order valence-corrected chi connectivity index (χ1v) is 17.6. The number of benzene rings is 2. The summed E-state index contributed by atoms with van der Waals surface area (Å²) in [7, 11) is 2.05. The van der Waals surface area contributed by atoms with Crippen molar-refractivity contribution in [1.82, 2.24) is 40.4 Å². The fraction of sp³-hybridized carbons (Fsp3) is 0.472. The van der Waals surface area contributed by atoms with E-state index in [0.29, 0.717) is 49.0 Å². The smallest absolute Gasteiger partial charge is 0.315 e. The number of likely N-dealkylation sites (tertiary alicyclic amines) is 1. The van der Waals surface area contributed by atoms with Crippen molar-refractivity contribution in [2.45, 2.75) is 61.6 Å². The first kappa shape index (κ1) is 34.6. The lowest BCUT2D eigenvalue weighted by Crippen LogP contribution is -2.47. The van der Waals surface area contributed by atoms with Crippen LogP contribution in [0.15, 0.2) is 67.0 Å². The number of nitrogens with zero attached hydrogens (tertiary/aromatic N) is 6. The quantitative estimate of drug-likeness (QED) is 0.117. The molecule has 1 aliphatic carbocycles. The highest BCUT2D eigenvalue weighted by atomic mass is 16.3. The molecule has 15 nitrogen and oxygen atoms in total. The number of hydrogen-bond donors (Lipinski definition) is 7. The zero-order valence-electron chi connectivity index (χ0n) is 28.6. The summed E-state index contributed by atoms with van der Waals surface area (Å²) >= 11 is 0. The maximum absolute atomic E-state index is 12.8. The zero-order chi connectivity index (χ0) is 35.5. The number of anilines is 2. The lowest BCUT2D eigenvalue weighted by atomic mass is 9.91. The van der Waals surface area contributed by atoms with E-state index < -0.39 is 36.8 Å². The summed E-state index contributed by atoms with van der Waals surface area (Å²) in [6.07, 6.45) is 0.949. The Morgan fingerprint density at radius 1 is 0.882 bits per heavy atom. The zero-order valence-corrected chi connectivity index (χ0v) is 28.6. The van der Waals surface area contributed by atoms with Gasteiger partial charge in [0.2, 0.25) is 11.9 Å². The van der Waals surface area contributed by atoms with Crippen LogP contribution < -0.4 is 26.2 Å². The second kappa shape index (κ2) is 15.2. The van der Waals surface area contributed by atoms with Crippen molar-refractivity contribution in [3.8, 4) is 0 Å². The SMILES string of the molecule is CN1CC[C@@H](NC(=O)N[C@@H]2CCN(c3nc(NCC(c4ccccc4)c4ccccc4)c4ncn([C@@H]5C[C@H](NC(=O)CO)[C@@H](O)[C@H]5O)c4n3)C2)C1. The Morgan fingerprint density at radius 3 is 2.20 bits per heavy atom. The Morgan fingerprint density at radius 2 is 1.55 bits per heavy atom. The number of carbonyl (C=O) groups is 2. The van der Waals surface area contributed by atoms with E-state index in [2.05, 4.69) is 50.4 Å². The van der Waals surface area contributed by atoms with Crippen molar-refractivity contribution in [2.75, 3.05) is 56.6 Å². The lowest BCUT2D eigenvalue weighted by molar-refractivity contribution is -0.125. The minimum Gasteiger partial charge on any atom is -0.388 e. The number of aliphatic hydroxyl groups is 3. The Bertz CT molecular complexity index is 1770. The van der Waals surface area contributed by atoms with Crippen molar-refractivity contribution >= 4 is 34.9 Å². The number of aromatic nitrogens is 4. The van der Waals surface area contributed by atoms with Crippen LogP contribution in [0.25, 0.3) is 11.2 Å². The van der Waals surface area contributed by atoms with Crippen LogP contribution in [0.3, 0.4) is 0 Å². The third-order valence-corrected chi connectivity index (χ3v) is 10.3. The number of likely N-dealkylation sites (N-methyl/N-ethyl adjacent to an activating group) is 1. The molecular formula is C36H46N10O5. The van der Waals surface area contributed by atoms with Gasteiger partial charge in [0.05, 0.1) is 18.4 Å². The molecule has 0 spiro atoms. The average Bonchev–Trinajstić information content (AvgIpc) is 3.94. The van der Waals surface area contributed by atoms with Crippen molar-refractivity contribution in [2.24, 2.45) is 0 Å². The van der Waals surface area contributed by atoms with Gasteiger partial charge < -0.3 is 51.0 Å². The molecule has 270 valence electrons. The molecule has 3 aliphatic rings. The molecule has 0 radical (unpaired) electrons. The van der Waals surface area contributed by atoms with Gasteiger partial charge in [-0.25, -0.2) is 9.78 Å². The molecule has 7 rings (SSSR count).